The van der Waals surface area contributed by atoms with Crippen molar-refractivity contribution >= 4 is 0 Å². The Balaban J connectivity index is 1.99. The van der Waals surface area contributed by atoms with Gasteiger partial charge < -0.3 is 4.52 Å². The van der Waals surface area contributed by atoms with Gasteiger partial charge in [-0.15, -0.1) is 0 Å². The van der Waals surface area contributed by atoms with E-state index in [2.05, 4.69) is 36.2 Å². The first kappa shape index (κ1) is 12.8. The molecule has 18 heavy (non-hydrogen) atoms. The Kier molecular flexibility index (Phi) is 3.79. The number of aryl methyl sites for hydroxylation is 2. The number of rotatable bonds is 5. The Morgan fingerprint density at radius 1 is 1.17 bits per heavy atom. The molecule has 0 spiro atoms. The maximum Gasteiger partial charge on any atom is 0.127 e. The summed E-state index contributed by atoms with van der Waals surface area (Å²) >= 11 is 0. The van der Waals surface area contributed by atoms with Crippen LogP contribution in [-0.2, 0) is 6.42 Å². The first-order valence-electron chi connectivity index (χ1n) is 6.31. The average Bonchev–Trinajstić information content (AvgIpc) is 2.94. The van der Waals surface area contributed by atoms with Crippen molar-refractivity contribution in [3.63, 3.8) is 0 Å². The quantitative estimate of drug-likeness (QED) is 0.814. The third-order valence-corrected chi connectivity index (χ3v) is 3.26. The molecule has 98 valence electrons. The zero-order valence-electron chi connectivity index (χ0n) is 11.3. The van der Waals surface area contributed by atoms with Gasteiger partial charge in [-0.25, -0.2) is 4.63 Å². The molecule has 5 heteroatoms. The van der Waals surface area contributed by atoms with Crippen LogP contribution in [0.4, 0.5) is 0 Å². The largest absolute Gasteiger partial charge is 0.364 e. The van der Waals surface area contributed by atoms with Crippen molar-refractivity contribution < 1.29 is 9.15 Å². The van der Waals surface area contributed by atoms with Crippen molar-refractivity contribution in [2.24, 2.45) is 0 Å². The van der Waals surface area contributed by atoms with E-state index in [-0.39, 0.29) is 0 Å². The minimum Gasteiger partial charge on any atom is -0.364 e. The van der Waals surface area contributed by atoms with Gasteiger partial charge in [0, 0.05) is 11.5 Å². The molecule has 0 aliphatic carbocycles. The standard InChI is InChI=1S/C13H19N3O2/c1-8(2)13-12(15-18-16-13)6-5-9(3)11-7-17-14-10(11)4/h7-9H,5-6H2,1-4H3. The van der Waals surface area contributed by atoms with E-state index < -0.39 is 0 Å². The van der Waals surface area contributed by atoms with Gasteiger partial charge in [0.2, 0.25) is 0 Å². The molecule has 0 N–H and O–H groups in total. The molecule has 0 saturated heterocycles. The van der Waals surface area contributed by atoms with E-state index in [1.807, 2.05) is 6.92 Å². The fraction of sp³-hybridized carbons (Fsp3) is 0.615. The Labute approximate surface area is 107 Å². The summed E-state index contributed by atoms with van der Waals surface area (Å²) in [5, 5.41) is 11.9. The maximum atomic E-state index is 4.97. The van der Waals surface area contributed by atoms with Gasteiger partial charge in [0.25, 0.3) is 0 Å². The van der Waals surface area contributed by atoms with Crippen LogP contribution in [0.2, 0.25) is 0 Å². The van der Waals surface area contributed by atoms with Crippen LogP contribution in [0.25, 0.3) is 0 Å². The number of hydrogen-bond acceptors (Lipinski definition) is 5. The fourth-order valence-corrected chi connectivity index (χ4v) is 2.11. The second kappa shape index (κ2) is 5.33. The van der Waals surface area contributed by atoms with Gasteiger partial charge in [0.15, 0.2) is 0 Å². The second-order valence-electron chi connectivity index (χ2n) is 5.05. The Morgan fingerprint density at radius 3 is 2.56 bits per heavy atom. The summed E-state index contributed by atoms with van der Waals surface area (Å²) in [6.07, 6.45) is 3.57. The molecular formula is C13H19N3O2. The van der Waals surface area contributed by atoms with Crippen molar-refractivity contribution in [1.29, 1.82) is 0 Å². The smallest absolute Gasteiger partial charge is 0.127 e. The molecule has 0 bridgehead atoms. The molecular weight excluding hydrogens is 230 g/mol. The lowest BCUT2D eigenvalue weighted by Crippen LogP contribution is -2.01. The van der Waals surface area contributed by atoms with Crippen molar-refractivity contribution in [2.45, 2.75) is 52.4 Å². The van der Waals surface area contributed by atoms with Crippen molar-refractivity contribution in [3.05, 3.63) is 28.9 Å². The Bertz CT molecular complexity index is 502. The summed E-state index contributed by atoms with van der Waals surface area (Å²) in [5.41, 5.74) is 4.05. The van der Waals surface area contributed by atoms with E-state index in [0.717, 1.165) is 35.5 Å². The summed E-state index contributed by atoms with van der Waals surface area (Å²) in [6.45, 7) is 8.32. The molecule has 0 aliphatic heterocycles. The van der Waals surface area contributed by atoms with Crippen LogP contribution in [0, 0.1) is 6.92 Å². The van der Waals surface area contributed by atoms with Gasteiger partial charge >= 0.3 is 0 Å². The number of aromatic nitrogens is 3. The summed E-state index contributed by atoms with van der Waals surface area (Å²) < 4.78 is 9.79. The molecule has 0 aromatic carbocycles. The molecule has 0 aliphatic rings. The van der Waals surface area contributed by atoms with Crippen LogP contribution in [0.5, 0.6) is 0 Å². The minimum absolute atomic E-state index is 0.346. The van der Waals surface area contributed by atoms with E-state index in [0.29, 0.717) is 11.8 Å². The maximum absolute atomic E-state index is 4.97. The van der Waals surface area contributed by atoms with Crippen LogP contribution in [0.15, 0.2) is 15.4 Å². The highest BCUT2D eigenvalue weighted by Crippen LogP contribution is 2.25. The van der Waals surface area contributed by atoms with Gasteiger partial charge in [0.1, 0.15) is 17.7 Å². The highest BCUT2D eigenvalue weighted by Gasteiger charge is 2.17. The van der Waals surface area contributed by atoms with Crippen LogP contribution in [0.1, 0.15) is 61.7 Å². The third kappa shape index (κ3) is 2.60. The first-order valence-corrected chi connectivity index (χ1v) is 6.31. The lowest BCUT2D eigenvalue weighted by atomic mass is 9.95. The SMILES string of the molecule is Cc1nocc1C(C)CCc1nonc1C(C)C. The zero-order valence-corrected chi connectivity index (χ0v) is 11.3. The number of hydrogen-bond donors (Lipinski definition) is 0. The van der Waals surface area contributed by atoms with Gasteiger partial charge in [-0.2, -0.15) is 0 Å². The van der Waals surface area contributed by atoms with E-state index in [9.17, 15) is 0 Å². The normalized spacial score (nSPS) is 13.2. The van der Waals surface area contributed by atoms with Gasteiger partial charge in [-0.3, -0.25) is 0 Å². The predicted octanol–water partition coefficient (Wildman–Crippen LogP) is 3.23. The second-order valence-corrected chi connectivity index (χ2v) is 5.05. The molecule has 5 nitrogen and oxygen atoms in total. The van der Waals surface area contributed by atoms with E-state index in [1.165, 1.54) is 0 Å². The summed E-state index contributed by atoms with van der Waals surface area (Å²) in [4.78, 5) is 0. The predicted molar refractivity (Wildman–Crippen MR) is 66.4 cm³/mol. The third-order valence-electron chi connectivity index (χ3n) is 3.26. The lowest BCUT2D eigenvalue weighted by molar-refractivity contribution is 0.298. The molecule has 2 aromatic heterocycles. The Hall–Kier alpha value is -1.65. The first-order chi connectivity index (χ1) is 8.59. The highest BCUT2D eigenvalue weighted by atomic mass is 16.6. The minimum atomic E-state index is 0.346. The van der Waals surface area contributed by atoms with Gasteiger partial charge in [-0.1, -0.05) is 36.2 Å². The molecule has 1 unspecified atom stereocenters. The topological polar surface area (TPSA) is 65.0 Å². The summed E-state index contributed by atoms with van der Waals surface area (Å²) in [5.74, 6) is 0.742. The monoisotopic (exact) mass is 249 g/mol. The highest BCUT2D eigenvalue weighted by molar-refractivity contribution is 5.19. The van der Waals surface area contributed by atoms with Crippen LogP contribution in [0.3, 0.4) is 0 Å². The summed E-state index contributed by atoms with van der Waals surface area (Å²) in [6, 6.07) is 0. The molecule has 2 heterocycles. The molecule has 0 saturated carbocycles. The van der Waals surface area contributed by atoms with Crippen LogP contribution >= 0.6 is 0 Å². The summed E-state index contributed by atoms with van der Waals surface area (Å²) in [7, 11) is 0. The van der Waals surface area contributed by atoms with E-state index >= 15 is 0 Å². The zero-order chi connectivity index (χ0) is 13.1. The van der Waals surface area contributed by atoms with E-state index in [4.69, 9.17) is 9.15 Å². The average molecular weight is 249 g/mol. The molecule has 0 radical (unpaired) electrons. The van der Waals surface area contributed by atoms with Crippen LogP contribution in [-0.4, -0.2) is 15.5 Å². The molecule has 0 fully saturated rings. The molecule has 2 aromatic rings. The van der Waals surface area contributed by atoms with E-state index in [1.54, 1.807) is 6.26 Å². The van der Waals surface area contributed by atoms with Crippen molar-refractivity contribution in [3.8, 4) is 0 Å². The molecule has 2 rings (SSSR count). The Morgan fingerprint density at radius 2 is 1.94 bits per heavy atom. The molecule has 0 amide bonds. The van der Waals surface area contributed by atoms with Gasteiger partial charge in [0.05, 0.1) is 5.69 Å². The van der Waals surface area contributed by atoms with Crippen LogP contribution < -0.4 is 0 Å². The van der Waals surface area contributed by atoms with Crippen molar-refractivity contribution in [1.82, 2.24) is 15.5 Å². The molecule has 1 atom stereocenters. The van der Waals surface area contributed by atoms with Gasteiger partial charge in [-0.05, 0) is 25.7 Å². The number of nitrogens with zero attached hydrogens (tertiary/aromatic N) is 3. The van der Waals surface area contributed by atoms with Crippen molar-refractivity contribution in [2.75, 3.05) is 0 Å². The fourth-order valence-electron chi connectivity index (χ4n) is 2.11. The lowest BCUT2D eigenvalue weighted by Gasteiger charge is -2.09.